The molecule has 2 atom stereocenters. The molecule has 2 aliphatic heterocycles. The lowest BCUT2D eigenvalue weighted by Gasteiger charge is -2.40. The van der Waals surface area contributed by atoms with E-state index in [1.165, 1.54) is 23.0 Å². The van der Waals surface area contributed by atoms with Crippen LogP contribution in [0.1, 0.15) is 50.1 Å². The van der Waals surface area contributed by atoms with Gasteiger partial charge >= 0.3 is 6.18 Å². The fourth-order valence-electron chi connectivity index (χ4n) is 5.82. The summed E-state index contributed by atoms with van der Waals surface area (Å²) >= 11 is 6.39. The molecule has 3 heterocycles. The van der Waals surface area contributed by atoms with E-state index in [0.29, 0.717) is 77.2 Å². The van der Waals surface area contributed by atoms with Crippen molar-refractivity contribution in [3.8, 4) is 0 Å². The van der Waals surface area contributed by atoms with Gasteiger partial charge in [-0.2, -0.15) is 18.3 Å². The third kappa shape index (κ3) is 7.33. The van der Waals surface area contributed by atoms with Crippen LogP contribution in [0, 0.1) is 0 Å². The number of anilines is 2. The van der Waals surface area contributed by atoms with Crippen molar-refractivity contribution in [3.63, 3.8) is 0 Å². The number of alkyl halides is 4. The van der Waals surface area contributed by atoms with E-state index < -0.39 is 23.0 Å². The highest BCUT2D eigenvalue weighted by molar-refractivity contribution is 6.32. The Morgan fingerprint density at radius 3 is 2.49 bits per heavy atom. The Bertz CT molecular complexity index is 1210. The second-order valence-electron chi connectivity index (χ2n) is 11.0. The van der Waals surface area contributed by atoms with Gasteiger partial charge in [0, 0.05) is 24.9 Å². The van der Waals surface area contributed by atoms with Crippen molar-refractivity contribution in [1.29, 1.82) is 0 Å². The van der Waals surface area contributed by atoms with Crippen molar-refractivity contribution in [3.05, 3.63) is 51.4 Å². The Morgan fingerprint density at radius 2 is 1.85 bits per heavy atom. The first-order valence-corrected chi connectivity index (χ1v) is 14.4. The fraction of sp³-hybridized carbons (Fsp3) is 0.643. The molecule has 1 aromatic heterocycles. The summed E-state index contributed by atoms with van der Waals surface area (Å²) < 4.78 is 72.4. The average molecular weight is 603 g/mol. The minimum absolute atomic E-state index is 0.00522. The van der Waals surface area contributed by atoms with Gasteiger partial charge in [-0.1, -0.05) is 11.6 Å². The van der Waals surface area contributed by atoms with Gasteiger partial charge in [0.25, 0.3) is 5.56 Å². The van der Waals surface area contributed by atoms with Crippen molar-refractivity contribution in [1.82, 2.24) is 9.78 Å². The van der Waals surface area contributed by atoms with Gasteiger partial charge in [-0.3, -0.25) is 4.79 Å². The second-order valence-corrected chi connectivity index (χ2v) is 11.4. The predicted molar refractivity (Wildman–Crippen MR) is 147 cm³/mol. The molecule has 3 fully saturated rings. The summed E-state index contributed by atoms with van der Waals surface area (Å²) in [5.41, 5.74) is -1.70. The van der Waals surface area contributed by atoms with Gasteiger partial charge in [0.2, 0.25) is 0 Å². The molecule has 0 amide bonds. The highest BCUT2D eigenvalue weighted by atomic mass is 35.5. The molecule has 3 aliphatic rings. The zero-order valence-corrected chi connectivity index (χ0v) is 23.4. The fourth-order valence-corrected chi connectivity index (χ4v) is 6.02. The predicted octanol–water partition coefficient (Wildman–Crippen LogP) is 5.25. The van der Waals surface area contributed by atoms with Crippen LogP contribution in [-0.4, -0.2) is 73.7 Å². The molecule has 2 aromatic rings. The van der Waals surface area contributed by atoms with E-state index in [9.17, 15) is 22.4 Å². The summed E-state index contributed by atoms with van der Waals surface area (Å²) in [7, 11) is 0. The van der Waals surface area contributed by atoms with Crippen LogP contribution in [0.2, 0.25) is 5.02 Å². The van der Waals surface area contributed by atoms with E-state index >= 15 is 0 Å². The summed E-state index contributed by atoms with van der Waals surface area (Å²) in [6.07, 6.45) is 0.487. The molecule has 0 radical (unpaired) electrons. The van der Waals surface area contributed by atoms with E-state index in [4.69, 9.17) is 25.8 Å². The van der Waals surface area contributed by atoms with Crippen LogP contribution in [0.5, 0.6) is 0 Å². The summed E-state index contributed by atoms with van der Waals surface area (Å²) in [6, 6.07) is 5.03. The van der Waals surface area contributed by atoms with Crippen molar-refractivity contribution in [2.24, 2.45) is 0 Å². The molecule has 13 heteroatoms. The smallest absolute Gasteiger partial charge is 0.379 e. The monoisotopic (exact) mass is 602 g/mol. The SMILES string of the molecule is O=c1c(Cl)c(NC[C@@]2(F)CCCOC2)cnn1C1CCC(N(C[C@H]2COCCO2)c2ccc(C(F)(F)F)cc2)CC1. The van der Waals surface area contributed by atoms with Gasteiger partial charge in [0.05, 0.1) is 62.6 Å². The summed E-state index contributed by atoms with van der Waals surface area (Å²) in [5.74, 6) is 0. The molecule has 1 aliphatic carbocycles. The number of hydrogen-bond acceptors (Lipinski definition) is 7. The van der Waals surface area contributed by atoms with E-state index in [-0.39, 0.29) is 42.0 Å². The molecule has 226 valence electrons. The average Bonchev–Trinajstić information content (AvgIpc) is 2.97. The maximum atomic E-state index is 14.9. The number of rotatable bonds is 8. The van der Waals surface area contributed by atoms with Crippen LogP contribution >= 0.6 is 11.6 Å². The van der Waals surface area contributed by atoms with Gasteiger partial charge in [-0.15, -0.1) is 0 Å². The summed E-state index contributed by atoms with van der Waals surface area (Å²) in [4.78, 5) is 15.2. The molecule has 5 rings (SSSR count). The lowest BCUT2D eigenvalue weighted by molar-refractivity contribution is -0.137. The molecule has 1 N–H and O–H groups in total. The standard InChI is InChI=1S/C28H35ClF4N4O4/c29-25-24(34-17-27(30)10-1-11-40-18-27)14-35-37(26(25)38)22-8-6-21(7-9-22)36(15-23-16-39-12-13-41-23)20-4-2-19(3-5-20)28(31,32)33/h2-5,14,21-23,34H,1,6-13,15-18H2/t21?,22?,23-,27-/m0/s1. The normalized spacial score (nSPS) is 27.4. The van der Waals surface area contributed by atoms with Gasteiger partial charge < -0.3 is 24.4 Å². The van der Waals surface area contributed by atoms with Crippen LogP contribution in [0.15, 0.2) is 35.3 Å². The van der Waals surface area contributed by atoms with Gasteiger partial charge in [-0.05, 0) is 62.8 Å². The third-order valence-corrected chi connectivity index (χ3v) is 8.44. The molecule has 0 unspecified atom stereocenters. The molecule has 41 heavy (non-hydrogen) atoms. The van der Waals surface area contributed by atoms with Crippen LogP contribution in [0.3, 0.4) is 0 Å². The maximum Gasteiger partial charge on any atom is 0.416 e. The van der Waals surface area contributed by atoms with Crippen molar-refractivity contribution in [2.75, 3.05) is 56.3 Å². The molecule has 8 nitrogen and oxygen atoms in total. The Balaban J connectivity index is 1.26. The number of hydrogen-bond donors (Lipinski definition) is 1. The zero-order chi connectivity index (χ0) is 29.0. The Labute approximate surface area is 240 Å². The Kier molecular flexibility index (Phi) is 9.42. The van der Waals surface area contributed by atoms with Crippen molar-refractivity contribution < 1.29 is 31.8 Å². The second kappa shape index (κ2) is 12.8. The van der Waals surface area contributed by atoms with E-state index in [0.717, 1.165) is 12.1 Å². The van der Waals surface area contributed by atoms with Crippen molar-refractivity contribution in [2.45, 2.75) is 68.6 Å². The minimum Gasteiger partial charge on any atom is -0.379 e. The first-order chi connectivity index (χ1) is 19.6. The van der Waals surface area contributed by atoms with Crippen LogP contribution in [-0.2, 0) is 20.4 Å². The van der Waals surface area contributed by atoms with Crippen LogP contribution < -0.4 is 15.8 Å². The maximum absolute atomic E-state index is 14.9. The Hall–Kier alpha value is -2.41. The lowest BCUT2D eigenvalue weighted by atomic mass is 9.89. The summed E-state index contributed by atoms with van der Waals surface area (Å²) in [6.45, 7) is 2.39. The number of aromatic nitrogens is 2. The number of nitrogens with zero attached hydrogens (tertiary/aromatic N) is 3. The van der Waals surface area contributed by atoms with E-state index in [1.54, 1.807) is 0 Å². The largest absolute Gasteiger partial charge is 0.416 e. The van der Waals surface area contributed by atoms with E-state index in [2.05, 4.69) is 15.3 Å². The highest BCUT2D eigenvalue weighted by Gasteiger charge is 2.34. The molecule has 1 aromatic carbocycles. The van der Waals surface area contributed by atoms with Crippen LogP contribution in [0.25, 0.3) is 0 Å². The summed E-state index contributed by atoms with van der Waals surface area (Å²) in [5, 5.41) is 7.24. The lowest BCUT2D eigenvalue weighted by Crippen LogP contribution is -2.46. The first kappa shape index (κ1) is 30.1. The molecule has 0 bridgehead atoms. The van der Waals surface area contributed by atoms with Crippen LogP contribution in [0.4, 0.5) is 28.9 Å². The van der Waals surface area contributed by atoms with Crippen molar-refractivity contribution >= 4 is 23.0 Å². The molecule has 1 saturated carbocycles. The molecular weight excluding hydrogens is 568 g/mol. The topological polar surface area (TPSA) is 77.9 Å². The molecular formula is C28H35ClF4N4O4. The zero-order valence-electron chi connectivity index (χ0n) is 22.7. The Morgan fingerprint density at radius 1 is 1.10 bits per heavy atom. The van der Waals surface area contributed by atoms with Gasteiger partial charge in [-0.25, -0.2) is 9.07 Å². The first-order valence-electron chi connectivity index (χ1n) is 14.0. The highest BCUT2D eigenvalue weighted by Crippen LogP contribution is 2.35. The van der Waals surface area contributed by atoms with Gasteiger partial charge in [0.1, 0.15) is 5.02 Å². The minimum atomic E-state index is -4.41. The molecule has 0 spiro atoms. The quantitative estimate of drug-likeness (QED) is 0.414. The number of benzene rings is 1. The number of nitrogens with one attached hydrogen (secondary N) is 1. The number of halogens is 5. The van der Waals surface area contributed by atoms with E-state index in [1.807, 2.05) is 0 Å². The molecule has 2 saturated heterocycles. The van der Waals surface area contributed by atoms with Gasteiger partial charge in [0.15, 0.2) is 5.67 Å². The number of ether oxygens (including phenoxy) is 3. The third-order valence-electron chi connectivity index (χ3n) is 8.08.